The van der Waals surface area contributed by atoms with E-state index in [1.165, 1.54) is 11.8 Å². The van der Waals surface area contributed by atoms with Gasteiger partial charge in [0, 0.05) is 37.5 Å². The quantitative estimate of drug-likeness (QED) is 0.164. The topological polar surface area (TPSA) is 76.6 Å². The first-order valence-electron chi connectivity index (χ1n) is 12.3. The molecule has 3 aromatic rings. The normalized spacial score (nSPS) is 10.9. The van der Waals surface area contributed by atoms with Gasteiger partial charge in [0.25, 0.3) is 5.91 Å². The molecule has 0 aliphatic carbocycles. The second-order valence-electron chi connectivity index (χ2n) is 9.12. The number of aromatic nitrogens is 2. The van der Waals surface area contributed by atoms with Crippen molar-refractivity contribution in [1.82, 2.24) is 15.3 Å². The zero-order chi connectivity index (χ0) is 26.8. The minimum absolute atomic E-state index is 0.0428. The number of benzene rings is 2. The lowest BCUT2D eigenvalue weighted by Crippen LogP contribution is -2.25. The average molecular weight is 543 g/mol. The molecule has 1 aromatic heterocycles. The standard InChI is InChI=1S/C28H35ClN4O3S/c1-19(2)12-14-30-27(34)22-9-6-21(7-10-22)18-37-28-31-25(29)17-26(32-28)33(3)15-13-20-8-11-23(35-4)24(16-20)36-5/h6-11,16-17,19H,12-15,18H2,1-5H3,(H,30,34). The molecule has 0 bridgehead atoms. The average Bonchev–Trinajstić information content (AvgIpc) is 2.90. The summed E-state index contributed by atoms with van der Waals surface area (Å²) in [6.45, 7) is 5.71. The molecule has 7 nitrogen and oxygen atoms in total. The molecule has 0 atom stereocenters. The van der Waals surface area contributed by atoms with Gasteiger partial charge in [-0.15, -0.1) is 0 Å². The number of thioether (sulfide) groups is 1. The van der Waals surface area contributed by atoms with Gasteiger partial charge in [-0.05, 0) is 54.2 Å². The summed E-state index contributed by atoms with van der Waals surface area (Å²) in [7, 11) is 5.25. The van der Waals surface area contributed by atoms with Gasteiger partial charge in [0.15, 0.2) is 16.7 Å². The monoisotopic (exact) mass is 542 g/mol. The summed E-state index contributed by atoms with van der Waals surface area (Å²) in [5.41, 5.74) is 2.88. The highest BCUT2D eigenvalue weighted by Crippen LogP contribution is 2.28. The van der Waals surface area contributed by atoms with Crippen LogP contribution < -0.4 is 19.7 Å². The largest absolute Gasteiger partial charge is 0.493 e. The van der Waals surface area contributed by atoms with Gasteiger partial charge in [-0.25, -0.2) is 9.97 Å². The number of amides is 1. The van der Waals surface area contributed by atoms with Gasteiger partial charge in [0.1, 0.15) is 11.0 Å². The number of nitrogens with zero attached hydrogens (tertiary/aromatic N) is 3. The molecule has 0 aliphatic heterocycles. The minimum atomic E-state index is -0.0428. The van der Waals surface area contributed by atoms with Crippen molar-refractivity contribution in [2.24, 2.45) is 5.92 Å². The number of nitrogens with one attached hydrogen (secondary N) is 1. The van der Waals surface area contributed by atoms with Crippen LogP contribution in [0.2, 0.25) is 5.15 Å². The maximum absolute atomic E-state index is 12.3. The third-order valence-corrected chi connectivity index (χ3v) is 6.94. The number of hydrogen-bond donors (Lipinski definition) is 1. The lowest BCUT2D eigenvalue weighted by atomic mass is 10.1. The molecule has 0 spiro atoms. The fourth-order valence-electron chi connectivity index (χ4n) is 3.57. The summed E-state index contributed by atoms with van der Waals surface area (Å²) in [6.07, 6.45) is 1.77. The molecule has 2 aromatic carbocycles. The van der Waals surface area contributed by atoms with Crippen LogP contribution in [-0.4, -0.2) is 50.2 Å². The van der Waals surface area contributed by atoms with E-state index in [1.807, 2.05) is 49.5 Å². The van der Waals surface area contributed by atoms with Crippen LogP contribution >= 0.6 is 23.4 Å². The molecule has 9 heteroatoms. The van der Waals surface area contributed by atoms with Gasteiger partial charge in [-0.3, -0.25) is 4.79 Å². The number of methoxy groups -OCH3 is 2. The van der Waals surface area contributed by atoms with Gasteiger partial charge in [-0.1, -0.05) is 55.4 Å². The zero-order valence-electron chi connectivity index (χ0n) is 22.1. The molecule has 198 valence electrons. The van der Waals surface area contributed by atoms with Crippen LogP contribution in [0.25, 0.3) is 0 Å². The predicted molar refractivity (Wildman–Crippen MR) is 151 cm³/mol. The lowest BCUT2D eigenvalue weighted by molar-refractivity contribution is 0.0952. The Labute approximate surface area is 228 Å². The van der Waals surface area contributed by atoms with E-state index in [9.17, 15) is 4.79 Å². The maximum atomic E-state index is 12.3. The van der Waals surface area contributed by atoms with Crippen LogP contribution in [0.1, 0.15) is 41.8 Å². The number of anilines is 1. The van der Waals surface area contributed by atoms with Gasteiger partial charge >= 0.3 is 0 Å². The highest BCUT2D eigenvalue weighted by molar-refractivity contribution is 7.98. The number of hydrogen-bond acceptors (Lipinski definition) is 7. The van der Waals surface area contributed by atoms with Crippen LogP contribution in [0, 0.1) is 5.92 Å². The molecule has 0 saturated heterocycles. The minimum Gasteiger partial charge on any atom is -0.493 e. The van der Waals surface area contributed by atoms with Crippen LogP contribution in [0.4, 0.5) is 5.82 Å². The zero-order valence-corrected chi connectivity index (χ0v) is 23.7. The van der Waals surface area contributed by atoms with Crippen molar-refractivity contribution in [3.8, 4) is 11.5 Å². The highest BCUT2D eigenvalue weighted by atomic mass is 35.5. The molecule has 0 fully saturated rings. The number of likely N-dealkylation sites (N-methyl/N-ethyl adjacent to an activating group) is 1. The van der Waals surface area contributed by atoms with Gasteiger partial charge in [0.2, 0.25) is 0 Å². The van der Waals surface area contributed by atoms with Crippen molar-refractivity contribution in [2.45, 2.75) is 37.6 Å². The fraction of sp³-hybridized carbons (Fsp3) is 0.393. The summed E-state index contributed by atoms with van der Waals surface area (Å²) in [5, 5.41) is 3.98. The Bertz CT molecular complexity index is 1170. The fourth-order valence-corrected chi connectivity index (χ4v) is 4.61. The molecule has 0 aliphatic rings. The van der Waals surface area contributed by atoms with E-state index >= 15 is 0 Å². The van der Waals surface area contributed by atoms with E-state index in [2.05, 4.69) is 29.0 Å². The first-order chi connectivity index (χ1) is 17.8. The molecule has 0 unspecified atom stereocenters. The van der Waals surface area contributed by atoms with Crippen molar-refractivity contribution in [3.05, 3.63) is 70.4 Å². The Kier molecular flexibility index (Phi) is 10.9. The Morgan fingerprint density at radius 1 is 1.03 bits per heavy atom. The Morgan fingerprint density at radius 2 is 1.73 bits per heavy atom. The number of carbonyl (C=O) groups excluding carboxylic acids is 1. The van der Waals surface area contributed by atoms with Gasteiger partial charge in [-0.2, -0.15) is 0 Å². The van der Waals surface area contributed by atoms with Crippen molar-refractivity contribution >= 4 is 35.1 Å². The molecule has 3 rings (SSSR count). The van der Waals surface area contributed by atoms with E-state index in [0.717, 1.165) is 36.3 Å². The smallest absolute Gasteiger partial charge is 0.251 e. The third kappa shape index (κ3) is 8.83. The molecule has 1 amide bonds. The molecule has 37 heavy (non-hydrogen) atoms. The van der Waals surface area contributed by atoms with Crippen molar-refractivity contribution in [2.75, 3.05) is 39.3 Å². The molecule has 0 radical (unpaired) electrons. The summed E-state index contributed by atoms with van der Waals surface area (Å²) in [4.78, 5) is 23.4. The van der Waals surface area contributed by atoms with Crippen LogP contribution in [0.3, 0.4) is 0 Å². The number of ether oxygens (including phenoxy) is 2. The van der Waals surface area contributed by atoms with E-state index in [4.69, 9.17) is 26.1 Å². The number of rotatable bonds is 13. The molecule has 1 heterocycles. The van der Waals surface area contributed by atoms with Crippen LogP contribution in [0.5, 0.6) is 11.5 Å². The van der Waals surface area contributed by atoms with E-state index in [-0.39, 0.29) is 5.91 Å². The van der Waals surface area contributed by atoms with Crippen LogP contribution in [0.15, 0.2) is 53.7 Å². The predicted octanol–water partition coefficient (Wildman–Crippen LogP) is 5.89. The summed E-state index contributed by atoms with van der Waals surface area (Å²) in [6, 6.07) is 15.3. The summed E-state index contributed by atoms with van der Waals surface area (Å²) >= 11 is 7.83. The first kappa shape index (κ1) is 28.6. The number of carbonyl (C=O) groups is 1. The first-order valence-corrected chi connectivity index (χ1v) is 13.6. The van der Waals surface area contributed by atoms with Gasteiger partial charge in [0.05, 0.1) is 14.2 Å². The molecule has 1 N–H and O–H groups in total. The second-order valence-corrected chi connectivity index (χ2v) is 10.4. The molecule has 0 saturated carbocycles. The Hall–Kier alpha value is -2.97. The summed E-state index contributed by atoms with van der Waals surface area (Å²) in [5.74, 6) is 3.38. The van der Waals surface area contributed by atoms with Crippen molar-refractivity contribution < 1.29 is 14.3 Å². The lowest BCUT2D eigenvalue weighted by Gasteiger charge is -2.19. The van der Waals surface area contributed by atoms with Crippen molar-refractivity contribution in [3.63, 3.8) is 0 Å². The highest BCUT2D eigenvalue weighted by Gasteiger charge is 2.11. The third-order valence-electron chi connectivity index (χ3n) is 5.83. The SMILES string of the molecule is COc1ccc(CCN(C)c2cc(Cl)nc(SCc3ccc(C(=O)NCCC(C)C)cc3)n2)cc1OC. The van der Waals surface area contributed by atoms with Crippen molar-refractivity contribution in [1.29, 1.82) is 0 Å². The van der Waals surface area contributed by atoms with E-state index in [1.54, 1.807) is 20.3 Å². The Balaban J connectivity index is 1.56. The molecular weight excluding hydrogens is 508 g/mol. The van der Waals surface area contributed by atoms with E-state index in [0.29, 0.717) is 45.6 Å². The number of halogens is 1. The molecular formula is C28H35ClN4O3S. The van der Waals surface area contributed by atoms with Gasteiger partial charge < -0.3 is 19.7 Å². The Morgan fingerprint density at radius 3 is 2.41 bits per heavy atom. The second kappa shape index (κ2) is 14.1. The summed E-state index contributed by atoms with van der Waals surface area (Å²) < 4.78 is 10.7. The maximum Gasteiger partial charge on any atom is 0.251 e. The van der Waals surface area contributed by atoms with Crippen LogP contribution in [-0.2, 0) is 12.2 Å². The van der Waals surface area contributed by atoms with E-state index < -0.39 is 0 Å².